The molecule has 1 saturated carbocycles. The van der Waals surface area contributed by atoms with Gasteiger partial charge in [0.2, 0.25) is 0 Å². The second kappa shape index (κ2) is 14.8. The Labute approximate surface area is 256 Å². The molecule has 4 aromatic rings. The van der Waals surface area contributed by atoms with Gasteiger partial charge in [-0.2, -0.15) is 0 Å². The molecule has 0 radical (unpaired) electrons. The zero-order chi connectivity index (χ0) is 29.3. The third-order valence-electron chi connectivity index (χ3n) is 8.62. The fourth-order valence-electron chi connectivity index (χ4n) is 5.91. The van der Waals surface area contributed by atoms with Crippen molar-refractivity contribution in [1.82, 2.24) is 14.5 Å². The minimum absolute atomic E-state index is 0.458. The molecule has 6 heteroatoms. The number of ether oxygens (including phenoxy) is 2. The van der Waals surface area contributed by atoms with Gasteiger partial charge in [-0.05, 0) is 124 Å². The SMILES string of the molecule is CCC1CCC(c2nc(-c3ccc(OCCCN(CC)CC)cc3)cn2-c2ccc(Oc3ccc(Cl)cc3)cc2)CC1. The molecule has 3 aromatic carbocycles. The molecule has 5 nitrogen and oxygen atoms in total. The van der Waals surface area contributed by atoms with Crippen LogP contribution < -0.4 is 9.47 Å². The molecule has 42 heavy (non-hydrogen) atoms. The minimum atomic E-state index is 0.458. The van der Waals surface area contributed by atoms with Crippen molar-refractivity contribution >= 4 is 11.6 Å². The summed E-state index contributed by atoms with van der Waals surface area (Å²) in [7, 11) is 0. The molecule has 222 valence electrons. The second-order valence-electron chi connectivity index (χ2n) is 11.3. The van der Waals surface area contributed by atoms with E-state index in [4.69, 9.17) is 26.1 Å². The van der Waals surface area contributed by atoms with Crippen LogP contribution in [0.25, 0.3) is 16.9 Å². The Balaban J connectivity index is 1.33. The Kier molecular flexibility index (Phi) is 10.6. The van der Waals surface area contributed by atoms with E-state index in [-0.39, 0.29) is 0 Å². The van der Waals surface area contributed by atoms with Gasteiger partial charge in [-0.1, -0.05) is 38.8 Å². The molecule has 0 N–H and O–H groups in total. The maximum absolute atomic E-state index is 6.04. The van der Waals surface area contributed by atoms with Crippen LogP contribution in [-0.2, 0) is 0 Å². The average molecular weight is 586 g/mol. The molecule has 0 unspecified atom stereocenters. The highest BCUT2D eigenvalue weighted by Gasteiger charge is 2.26. The quantitative estimate of drug-likeness (QED) is 0.146. The molecule has 1 aromatic heterocycles. The highest BCUT2D eigenvalue weighted by Crippen LogP contribution is 2.38. The largest absolute Gasteiger partial charge is 0.494 e. The zero-order valence-corrected chi connectivity index (χ0v) is 26.0. The van der Waals surface area contributed by atoms with Gasteiger partial charge in [0, 0.05) is 34.9 Å². The number of hydrogen-bond donors (Lipinski definition) is 0. The summed E-state index contributed by atoms with van der Waals surface area (Å²) in [4.78, 5) is 7.67. The number of nitrogens with zero attached hydrogens (tertiary/aromatic N) is 3. The van der Waals surface area contributed by atoms with Crippen molar-refractivity contribution < 1.29 is 9.47 Å². The van der Waals surface area contributed by atoms with Crippen molar-refractivity contribution in [3.8, 4) is 34.2 Å². The van der Waals surface area contributed by atoms with Gasteiger partial charge in [0.25, 0.3) is 0 Å². The number of imidazole rings is 1. The first-order valence-electron chi connectivity index (χ1n) is 15.6. The van der Waals surface area contributed by atoms with Crippen LogP contribution in [0.5, 0.6) is 17.2 Å². The number of aromatic nitrogens is 2. The van der Waals surface area contributed by atoms with E-state index in [9.17, 15) is 0 Å². The van der Waals surface area contributed by atoms with Crippen LogP contribution in [0.15, 0.2) is 79.0 Å². The van der Waals surface area contributed by atoms with Gasteiger partial charge in [0.1, 0.15) is 23.1 Å². The lowest BCUT2D eigenvalue weighted by molar-refractivity contribution is 0.249. The van der Waals surface area contributed by atoms with Gasteiger partial charge in [0.15, 0.2) is 0 Å². The van der Waals surface area contributed by atoms with Gasteiger partial charge in [-0.15, -0.1) is 0 Å². The van der Waals surface area contributed by atoms with Crippen molar-refractivity contribution in [2.24, 2.45) is 5.92 Å². The highest BCUT2D eigenvalue weighted by atomic mass is 35.5. The third-order valence-corrected chi connectivity index (χ3v) is 8.87. The summed E-state index contributed by atoms with van der Waals surface area (Å²) < 4.78 is 14.4. The maximum Gasteiger partial charge on any atom is 0.127 e. The molecule has 1 aliphatic carbocycles. The van der Waals surface area contributed by atoms with E-state index in [1.54, 1.807) is 0 Å². The monoisotopic (exact) mass is 585 g/mol. The van der Waals surface area contributed by atoms with E-state index in [0.29, 0.717) is 10.9 Å². The Bertz CT molecular complexity index is 1370. The van der Waals surface area contributed by atoms with Gasteiger partial charge in [-0.3, -0.25) is 0 Å². The summed E-state index contributed by atoms with van der Waals surface area (Å²) in [6, 6.07) is 24.1. The molecule has 1 aliphatic rings. The molecule has 0 bridgehead atoms. The Morgan fingerprint density at radius 2 is 1.43 bits per heavy atom. The molecule has 0 amide bonds. The van der Waals surface area contributed by atoms with Crippen molar-refractivity contribution in [2.75, 3.05) is 26.2 Å². The molecular formula is C36H44ClN3O2. The summed E-state index contributed by atoms with van der Waals surface area (Å²) in [5.41, 5.74) is 3.20. The predicted molar refractivity (Wildman–Crippen MR) is 173 cm³/mol. The lowest BCUT2D eigenvalue weighted by atomic mass is 9.80. The standard InChI is InChI=1S/C36H44ClN3O2/c1-4-27-8-10-29(11-9-27)36-38-35(28-12-18-32(19-13-28)41-25-7-24-39(5-2)6-3)26-40(36)31-16-22-34(23-17-31)42-33-20-14-30(37)15-21-33/h12-23,26-27,29H,4-11,24-25H2,1-3H3. The van der Waals surface area contributed by atoms with Gasteiger partial charge in [-0.25, -0.2) is 4.98 Å². The summed E-state index contributed by atoms with van der Waals surface area (Å²) in [5, 5.41) is 0.696. The van der Waals surface area contributed by atoms with E-state index in [1.807, 2.05) is 36.4 Å². The number of hydrogen-bond acceptors (Lipinski definition) is 4. The fourth-order valence-corrected chi connectivity index (χ4v) is 6.04. The van der Waals surface area contributed by atoms with Crippen molar-refractivity contribution in [2.45, 2.75) is 65.2 Å². The lowest BCUT2D eigenvalue weighted by Gasteiger charge is -2.27. The lowest BCUT2D eigenvalue weighted by Crippen LogP contribution is -2.25. The summed E-state index contributed by atoms with van der Waals surface area (Å²) in [5.74, 6) is 4.92. The molecule has 0 atom stereocenters. The molecule has 1 fully saturated rings. The highest BCUT2D eigenvalue weighted by molar-refractivity contribution is 6.30. The van der Waals surface area contributed by atoms with Crippen LogP contribution >= 0.6 is 11.6 Å². The first-order chi connectivity index (χ1) is 20.6. The van der Waals surface area contributed by atoms with Crippen LogP contribution in [0.4, 0.5) is 0 Å². The van der Waals surface area contributed by atoms with Crippen molar-refractivity contribution in [1.29, 1.82) is 0 Å². The molecule has 1 heterocycles. The Hall–Kier alpha value is -3.28. The van der Waals surface area contributed by atoms with E-state index in [0.717, 1.165) is 78.6 Å². The molecule has 0 aliphatic heterocycles. The smallest absolute Gasteiger partial charge is 0.127 e. The van der Waals surface area contributed by atoms with Gasteiger partial charge < -0.3 is 18.9 Å². The first kappa shape index (κ1) is 30.2. The van der Waals surface area contributed by atoms with Crippen LogP contribution in [0.1, 0.15) is 71.0 Å². The summed E-state index contributed by atoms with van der Waals surface area (Å²) >= 11 is 6.02. The van der Waals surface area contributed by atoms with Crippen LogP contribution in [0.3, 0.4) is 0 Å². The van der Waals surface area contributed by atoms with E-state index >= 15 is 0 Å². The summed E-state index contributed by atoms with van der Waals surface area (Å²) in [6.07, 6.45) is 9.41. The van der Waals surface area contributed by atoms with E-state index in [1.165, 1.54) is 32.1 Å². The molecule has 0 saturated heterocycles. The molecule has 0 spiro atoms. The van der Waals surface area contributed by atoms with Gasteiger partial charge >= 0.3 is 0 Å². The number of rotatable bonds is 13. The third kappa shape index (κ3) is 7.76. The Morgan fingerprint density at radius 1 is 0.810 bits per heavy atom. The van der Waals surface area contributed by atoms with Crippen LogP contribution in [0.2, 0.25) is 5.02 Å². The topological polar surface area (TPSA) is 39.5 Å². The second-order valence-corrected chi connectivity index (χ2v) is 11.7. The molecule has 5 rings (SSSR count). The fraction of sp³-hybridized carbons (Fsp3) is 0.417. The van der Waals surface area contributed by atoms with Crippen molar-refractivity contribution in [3.05, 3.63) is 89.8 Å². The van der Waals surface area contributed by atoms with E-state index < -0.39 is 0 Å². The average Bonchev–Trinajstić information content (AvgIpc) is 3.48. The normalized spacial score (nSPS) is 17.0. The van der Waals surface area contributed by atoms with Crippen LogP contribution in [-0.4, -0.2) is 40.7 Å². The number of halogens is 1. The van der Waals surface area contributed by atoms with Crippen molar-refractivity contribution in [3.63, 3.8) is 0 Å². The summed E-state index contributed by atoms with van der Waals surface area (Å²) in [6.45, 7) is 10.7. The Morgan fingerprint density at radius 3 is 2.05 bits per heavy atom. The maximum atomic E-state index is 6.04. The molecular weight excluding hydrogens is 542 g/mol. The van der Waals surface area contributed by atoms with Gasteiger partial charge in [0.05, 0.1) is 12.3 Å². The first-order valence-corrected chi connectivity index (χ1v) is 16.0. The zero-order valence-electron chi connectivity index (χ0n) is 25.3. The number of benzene rings is 3. The van der Waals surface area contributed by atoms with E-state index in [2.05, 4.69) is 72.8 Å². The minimum Gasteiger partial charge on any atom is -0.494 e. The predicted octanol–water partition coefficient (Wildman–Crippen LogP) is 9.78. The van der Waals surface area contributed by atoms with Crippen LogP contribution in [0, 0.1) is 5.92 Å².